The normalized spacial score (nSPS) is 20.9. The number of amides is 1. The van der Waals surface area contributed by atoms with Crippen LogP contribution in [-0.4, -0.2) is 62.5 Å². The molecule has 1 rings (SSSR count). The van der Waals surface area contributed by atoms with Crippen molar-refractivity contribution in [1.82, 2.24) is 16.0 Å². The molecule has 0 aliphatic carbocycles. The number of nitrogens with one attached hydrogen (secondary N) is 3. The minimum Gasteiger partial charge on any atom is -0.444 e. The quantitative estimate of drug-likeness (QED) is 0.657. The van der Waals surface area contributed by atoms with E-state index in [1.165, 1.54) is 0 Å². The van der Waals surface area contributed by atoms with Crippen LogP contribution >= 0.6 is 0 Å². The number of morpholine rings is 1. The van der Waals surface area contributed by atoms with Crippen molar-refractivity contribution in [3.63, 3.8) is 0 Å². The van der Waals surface area contributed by atoms with Crippen molar-refractivity contribution >= 4 is 6.09 Å². The lowest BCUT2D eigenvalue weighted by molar-refractivity contribution is -0.00618. The fourth-order valence-corrected chi connectivity index (χ4v) is 2.18. The largest absolute Gasteiger partial charge is 0.444 e. The average molecular weight is 337 g/mol. The van der Waals surface area contributed by atoms with Gasteiger partial charge in [0.25, 0.3) is 5.92 Å². The summed E-state index contributed by atoms with van der Waals surface area (Å²) in [5.74, 6) is -3.04. The molecular formula is C15H29F2N3O3. The van der Waals surface area contributed by atoms with Crippen LogP contribution in [0.2, 0.25) is 0 Å². The predicted molar refractivity (Wildman–Crippen MR) is 83.9 cm³/mol. The van der Waals surface area contributed by atoms with E-state index in [9.17, 15) is 13.6 Å². The Hall–Kier alpha value is -0.990. The van der Waals surface area contributed by atoms with E-state index < -0.39 is 30.7 Å². The lowest BCUT2D eigenvalue weighted by atomic mass is 10.1. The van der Waals surface area contributed by atoms with Crippen LogP contribution in [0.5, 0.6) is 0 Å². The molecule has 1 aliphatic rings. The number of halogens is 2. The number of hydrogen-bond acceptors (Lipinski definition) is 5. The summed E-state index contributed by atoms with van der Waals surface area (Å²) in [5, 5.41) is 8.19. The molecule has 1 amide bonds. The second-order valence-corrected chi connectivity index (χ2v) is 6.96. The molecule has 0 saturated carbocycles. The van der Waals surface area contributed by atoms with E-state index in [-0.39, 0.29) is 12.1 Å². The van der Waals surface area contributed by atoms with Crippen LogP contribution in [0.15, 0.2) is 0 Å². The van der Waals surface area contributed by atoms with Gasteiger partial charge < -0.3 is 25.4 Å². The number of ether oxygens (including phenoxy) is 2. The molecule has 136 valence electrons. The second-order valence-electron chi connectivity index (χ2n) is 6.96. The van der Waals surface area contributed by atoms with Crippen molar-refractivity contribution in [3.8, 4) is 0 Å². The van der Waals surface area contributed by atoms with Gasteiger partial charge in [0.15, 0.2) is 0 Å². The van der Waals surface area contributed by atoms with E-state index in [1.807, 2.05) is 6.92 Å². The third-order valence-electron chi connectivity index (χ3n) is 3.24. The summed E-state index contributed by atoms with van der Waals surface area (Å²) in [6.45, 7) is 7.70. The van der Waals surface area contributed by atoms with Crippen LogP contribution < -0.4 is 16.0 Å². The van der Waals surface area contributed by atoms with Crippen LogP contribution in [0.1, 0.15) is 34.1 Å². The van der Waals surface area contributed by atoms with Gasteiger partial charge in [-0.1, -0.05) is 0 Å². The van der Waals surface area contributed by atoms with Crippen molar-refractivity contribution < 1.29 is 23.0 Å². The summed E-state index contributed by atoms with van der Waals surface area (Å²) in [6, 6.07) is 0.0985. The zero-order chi connectivity index (χ0) is 17.5. The van der Waals surface area contributed by atoms with Gasteiger partial charge in [0, 0.05) is 18.6 Å². The Balaban J connectivity index is 2.24. The molecule has 23 heavy (non-hydrogen) atoms. The minimum atomic E-state index is -3.04. The molecule has 1 heterocycles. The number of carbonyl (C=O) groups excluding carboxylic acids is 1. The van der Waals surface area contributed by atoms with Gasteiger partial charge >= 0.3 is 6.09 Å². The molecule has 2 unspecified atom stereocenters. The van der Waals surface area contributed by atoms with E-state index in [0.717, 1.165) is 6.54 Å². The van der Waals surface area contributed by atoms with Gasteiger partial charge in [-0.2, -0.15) is 0 Å². The number of carbonyl (C=O) groups is 1. The van der Waals surface area contributed by atoms with Gasteiger partial charge in [0.2, 0.25) is 0 Å². The first kappa shape index (κ1) is 20.1. The van der Waals surface area contributed by atoms with Gasteiger partial charge in [-0.3, -0.25) is 0 Å². The fraction of sp³-hybridized carbons (Fsp3) is 0.933. The zero-order valence-corrected chi connectivity index (χ0v) is 14.4. The van der Waals surface area contributed by atoms with Crippen molar-refractivity contribution in [2.45, 2.75) is 57.7 Å². The Labute approximate surface area is 136 Å². The molecule has 1 saturated heterocycles. The molecular weight excluding hydrogens is 308 g/mol. The highest BCUT2D eigenvalue weighted by molar-refractivity contribution is 5.67. The maximum Gasteiger partial charge on any atom is 0.407 e. The number of rotatable bonds is 7. The van der Waals surface area contributed by atoms with Crippen molar-refractivity contribution in [1.29, 1.82) is 0 Å². The molecule has 0 aromatic heterocycles. The Morgan fingerprint density at radius 3 is 2.65 bits per heavy atom. The lowest BCUT2D eigenvalue weighted by Gasteiger charge is -2.28. The van der Waals surface area contributed by atoms with Crippen molar-refractivity contribution in [3.05, 3.63) is 0 Å². The third kappa shape index (κ3) is 9.68. The highest BCUT2D eigenvalue weighted by Crippen LogP contribution is 2.13. The molecule has 0 radical (unpaired) electrons. The smallest absolute Gasteiger partial charge is 0.407 e. The molecule has 0 aromatic rings. The van der Waals surface area contributed by atoms with Crippen molar-refractivity contribution in [2.24, 2.45) is 0 Å². The van der Waals surface area contributed by atoms with Crippen LogP contribution in [0, 0.1) is 0 Å². The van der Waals surface area contributed by atoms with Gasteiger partial charge in [-0.25, -0.2) is 13.6 Å². The molecule has 6 nitrogen and oxygen atoms in total. The molecule has 2 atom stereocenters. The maximum atomic E-state index is 13.8. The highest BCUT2D eigenvalue weighted by atomic mass is 19.3. The Morgan fingerprint density at radius 1 is 1.39 bits per heavy atom. The van der Waals surface area contributed by atoms with Crippen LogP contribution in [0.4, 0.5) is 13.6 Å². The molecule has 0 bridgehead atoms. The maximum absolute atomic E-state index is 13.8. The first-order valence-corrected chi connectivity index (χ1v) is 7.96. The third-order valence-corrected chi connectivity index (χ3v) is 3.24. The fourth-order valence-electron chi connectivity index (χ4n) is 2.18. The standard InChI is InChI=1S/C15H29F2N3O3/c1-11(7-12-8-22-6-5-18-12)19-9-15(16,17)10-20-13(21)23-14(2,3)4/h11-12,18-19H,5-10H2,1-4H3,(H,20,21). The first-order valence-electron chi connectivity index (χ1n) is 7.96. The Morgan fingerprint density at radius 2 is 2.09 bits per heavy atom. The Kier molecular flexibility index (Phi) is 7.63. The monoisotopic (exact) mass is 337 g/mol. The molecule has 0 spiro atoms. The van der Waals surface area contributed by atoms with E-state index in [4.69, 9.17) is 9.47 Å². The van der Waals surface area contributed by atoms with Crippen molar-refractivity contribution in [2.75, 3.05) is 32.8 Å². The summed E-state index contributed by atoms with van der Waals surface area (Å²) in [5.41, 5.74) is -0.707. The number of alkyl halides is 2. The summed E-state index contributed by atoms with van der Waals surface area (Å²) in [4.78, 5) is 11.4. The Bertz CT molecular complexity index is 369. The van der Waals surface area contributed by atoms with Gasteiger partial charge in [-0.15, -0.1) is 0 Å². The van der Waals surface area contributed by atoms with E-state index in [0.29, 0.717) is 19.6 Å². The molecule has 3 N–H and O–H groups in total. The number of alkyl carbamates (subject to hydrolysis) is 1. The topological polar surface area (TPSA) is 71.6 Å². The molecule has 1 fully saturated rings. The molecule has 1 aliphatic heterocycles. The minimum absolute atomic E-state index is 0.0819. The predicted octanol–water partition coefficient (Wildman–Crippen LogP) is 1.50. The van der Waals surface area contributed by atoms with E-state index in [1.54, 1.807) is 20.8 Å². The van der Waals surface area contributed by atoms with Gasteiger partial charge in [0.05, 0.1) is 26.3 Å². The molecule has 8 heteroatoms. The van der Waals surface area contributed by atoms with Gasteiger partial charge in [-0.05, 0) is 34.1 Å². The van der Waals surface area contributed by atoms with Crippen LogP contribution in [-0.2, 0) is 9.47 Å². The molecule has 0 aromatic carbocycles. The SMILES string of the molecule is CC(CC1COCCN1)NCC(F)(F)CNC(=O)OC(C)(C)C. The summed E-state index contributed by atoms with van der Waals surface area (Å²) < 4.78 is 37.8. The van der Waals surface area contributed by atoms with E-state index in [2.05, 4.69) is 16.0 Å². The zero-order valence-electron chi connectivity index (χ0n) is 14.4. The average Bonchev–Trinajstić information content (AvgIpc) is 2.43. The summed E-state index contributed by atoms with van der Waals surface area (Å²) >= 11 is 0. The second kappa shape index (κ2) is 8.75. The lowest BCUT2D eigenvalue weighted by Crippen LogP contribution is -2.49. The van der Waals surface area contributed by atoms with Crippen LogP contribution in [0.3, 0.4) is 0 Å². The van der Waals surface area contributed by atoms with E-state index >= 15 is 0 Å². The first-order chi connectivity index (χ1) is 10.6. The summed E-state index contributed by atoms with van der Waals surface area (Å²) in [6.07, 6.45) is -0.135. The summed E-state index contributed by atoms with van der Waals surface area (Å²) in [7, 11) is 0. The highest BCUT2D eigenvalue weighted by Gasteiger charge is 2.31. The number of hydrogen-bond donors (Lipinski definition) is 3. The van der Waals surface area contributed by atoms with Gasteiger partial charge in [0.1, 0.15) is 5.60 Å². The van der Waals surface area contributed by atoms with Crippen LogP contribution in [0.25, 0.3) is 0 Å².